The van der Waals surface area contributed by atoms with Crippen LogP contribution in [0.5, 0.6) is 0 Å². The molecule has 3 heteroatoms. The number of nitrogens with one attached hydrogen (secondary N) is 2. The standard InChI is InChI=1S/C5H10N2O/c1-2-5(6-7-5)4-8-3-1/h6-7H,1-4H2. The Hall–Kier alpha value is -0.120. The third-order valence-corrected chi connectivity index (χ3v) is 1.72. The molecule has 0 aromatic rings. The summed E-state index contributed by atoms with van der Waals surface area (Å²) in [6.07, 6.45) is 2.40. The zero-order chi connectivity index (χ0) is 5.45. The molecule has 2 aliphatic rings. The van der Waals surface area contributed by atoms with Gasteiger partial charge in [0.1, 0.15) is 5.66 Å². The van der Waals surface area contributed by atoms with E-state index in [0.29, 0.717) is 0 Å². The molecule has 3 nitrogen and oxygen atoms in total. The highest BCUT2D eigenvalue weighted by atomic mass is 16.5. The highest BCUT2D eigenvalue weighted by molar-refractivity contribution is 4.95. The first-order chi connectivity index (χ1) is 3.91. The van der Waals surface area contributed by atoms with Crippen molar-refractivity contribution in [2.75, 3.05) is 13.2 Å². The molecule has 0 aliphatic carbocycles. The van der Waals surface area contributed by atoms with Gasteiger partial charge in [0.2, 0.25) is 0 Å². The van der Waals surface area contributed by atoms with Gasteiger partial charge in [-0.3, -0.25) is 0 Å². The lowest BCUT2D eigenvalue weighted by Crippen LogP contribution is -2.30. The summed E-state index contributed by atoms with van der Waals surface area (Å²) in [5.74, 6) is 0. The highest BCUT2D eigenvalue weighted by Crippen LogP contribution is 2.21. The molecule has 0 bridgehead atoms. The molecule has 2 heterocycles. The monoisotopic (exact) mass is 114 g/mol. The van der Waals surface area contributed by atoms with E-state index < -0.39 is 0 Å². The summed E-state index contributed by atoms with van der Waals surface area (Å²) in [5.41, 5.74) is 6.36. The van der Waals surface area contributed by atoms with Crippen LogP contribution in [-0.2, 0) is 4.74 Å². The van der Waals surface area contributed by atoms with Crippen molar-refractivity contribution in [1.82, 2.24) is 10.9 Å². The smallest absolute Gasteiger partial charge is 0.118 e. The summed E-state index contributed by atoms with van der Waals surface area (Å²) in [6, 6.07) is 0. The Morgan fingerprint density at radius 2 is 2.25 bits per heavy atom. The van der Waals surface area contributed by atoms with Crippen LogP contribution in [-0.4, -0.2) is 18.9 Å². The minimum absolute atomic E-state index is 0.207. The normalized spacial score (nSPS) is 33.0. The zero-order valence-electron chi connectivity index (χ0n) is 4.74. The first kappa shape index (κ1) is 4.73. The van der Waals surface area contributed by atoms with Crippen LogP contribution in [0, 0.1) is 0 Å². The van der Waals surface area contributed by atoms with Crippen LogP contribution in [0.2, 0.25) is 0 Å². The first-order valence-corrected chi connectivity index (χ1v) is 3.03. The zero-order valence-corrected chi connectivity index (χ0v) is 4.74. The number of hydrogen-bond donors (Lipinski definition) is 2. The van der Waals surface area contributed by atoms with Crippen LogP contribution in [0.15, 0.2) is 0 Å². The largest absolute Gasteiger partial charge is 0.378 e. The molecule has 2 rings (SSSR count). The van der Waals surface area contributed by atoms with Gasteiger partial charge >= 0.3 is 0 Å². The Balaban J connectivity index is 1.95. The number of ether oxygens (including phenoxy) is 1. The summed E-state index contributed by atoms with van der Waals surface area (Å²) in [7, 11) is 0. The Kier molecular flexibility index (Phi) is 0.848. The molecular formula is C5H10N2O. The van der Waals surface area contributed by atoms with Crippen molar-refractivity contribution in [3.8, 4) is 0 Å². The third-order valence-electron chi connectivity index (χ3n) is 1.72. The number of rotatable bonds is 0. The average Bonchev–Trinajstić information content (AvgIpc) is 2.52. The van der Waals surface area contributed by atoms with E-state index in [-0.39, 0.29) is 5.66 Å². The predicted molar refractivity (Wildman–Crippen MR) is 29.1 cm³/mol. The second-order valence-corrected chi connectivity index (χ2v) is 2.49. The van der Waals surface area contributed by atoms with E-state index in [1.54, 1.807) is 0 Å². The van der Waals surface area contributed by atoms with E-state index in [0.717, 1.165) is 13.2 Å². The van der Waals surface area contributed by atoms with Crippen LogP contribution < -0.4 is 10.9 Å². The first-order valence-electron chi connectivity index (χ1n) is 3.03. The third kappa shape index (κ3) is 0.632. The van der Waals surface area contributed by atoms with Gasteiger partial charge in [-0.25, -0.2) is 10.9 Å². The molecule has 1 spiro atoms. The van der Waals surface area contributed by atoms with Crippen LogP contribution in [0.3, 0.4) is 0 Å². The predicted octanol–water partition coefficient (Wildman–Crippen LogP) is -0.399. The minimum atomic E-state index is 0.207. The molecule has 2 N–H and O–H groups in total. The van der Waals surface area contributed by atoms with Gasteiger partial charge < -0.3 is 4.74 Å². The molecule has 0 amide bonds. The topological polar surface area (TPSA) is 53.1 Å². The fourth-order valence-electron chi connectivity index (χ4n) is 1.08. The van der Waals surface area contributed by atoms with Gasteiger partial charge in [-0.05, 0) is 12.8 Å². The lowest BCUT2D eigenvalue weighted by Gasteiger charge is -2.17. The maximum Gasteiger partial charge on any atom is 0.118 e. The average molecular weight is 114 g/mol. The maximum absolute atomic E-state index is 5.22. The Morgan fingerprint density at radius 1 is 1.38 bits per heavy atom. The van der Waals surface area contributed by atoms with E-state index in [1.807, 2.05) is 0 Å². The molecule has 8 heavy (non-hydrogen) atoms. The molecule has 2 saturated heterocycles. The molecule has 2 aliphatic heterocycles. The summed E-state index contributed by atoms with van der Waals surface area (Å²) in [4.78, 5) is 0. The number of hydrazine groups is 1. The van der Waals surface area contributed by atoms with Crippen LogP contribution in [0.4, 0.5) is 0 Å². The van der Waals surface area contributed by atoms with Gasteiger partial charge in [-0.1, -0.05) is 0 Å². The molecular weight excluding hydrogens is 104 g/mol. The van der Waals surface area contributed by atoms with Gasteiger partial charge in [-0.15, -0.1) is 0 Å². The van der Waals surface area contributed by atoms with Crippen molar-refractivity contribution in [1.29, 1.82) is 0 Å². The Morgan fingerprint density at radius 3 is 2.62 bits per heavy atom. The number of hydrogen-bond acceptors (Lipinski definition) is 3. The van der Waals surface area contributed by atoms with Crippen molar-refractivity contribution in [3.63, 3.8) is 0 Å². The molecule has 0 atom stereocenters. The molecule has 0 radical (unpaired) electrons. The van der Waals surface area contributed by atoms with E-state index in [4.69, 9.17) is 4.74 Å². The van der Waals surface area contributed by atoms with Gasteiger partial charge in [-0.2, -0.15) is 0 Å². The molecule has 46 valence electrons. The van der Waals surface area contributed by atoms with E-state index in [9.17, 15) is 0 Å². The lowest BCUT2D eigenvalue weighted by molar-refractivity contribution is 0.0674. The van der Waals surface area contributed by atoms with Gasteiger partial charge in [0, 0.05) is 6.61 Å². The minimum Gasteiger partial charge on any atom is -0.378 e. The molecule has 0 aromatic heterocycles. The van der Waals surface area contributed by atoms with Crippen molar-refractivity contribution >= 4 is 0 Å². The fourth-order valence-corrected chi connectivity index (χ4v) is 1.08. The quantitative estimate of drug-likeness (QED) is 0.421. The van der Waals surface area contributed by atoms with Crippen LogP contribution in [0.25, 0.3) is 0 Å². The maximum atomic E-state index is 5.22. The Labute approximate surface area is 48.4 Å². The molecule has 0 saturated carbocycles. The highest BCUT2D eigenvalue weighted by Gasteiger charge is 2.43. The van der Waals surface area contributed by atoms with Gasteiger partial charge in [0.05, 0.1) is 6.61 Å². The fraction of sp³-hybridized carbons (Fsp3) is 1.00. The van der Waals surface area contributed by atoms with Gasteiger partial charge in [0.15, 0.2) is 0 Å². The van der Waals surface area contributed by atoms with Crippen molar-refractivity contribution < 1.29 is 4.74 Å². The summed E-state index contributed by atoms with van der Waals surface area (Å²) in [5, 5.41) is 0. The van der Waals surface area contributed by atoms with Crippen molar-refractivity contribution in [2.24, 2.45) is 0 Å². The molecule has 0 unspecified atom stereocenters. The lowest BCUT2D eigenvalue weighted by atomic mass is 10.1. The summed E-state index contributed by atoms with van der Waals surface area (Å²) in [6.45, 7) is 1.78. The molecule has 0 aromatic carbocycles. The Bertz CT molecular complexity index is 92.6. The summed E-state index contributed by atoms with van der Waals surface area (Å²) >= 11 is 0. The second kappa shape index (κ2) is 1.43. The summed E-state index contributed by atoms with van der Waals surface area (Å²) < 4.78 is 5.22. The van der Waals surface area contributed by atoms with Crippen molar-refractivity contribution in [2.45, 2.75) is 18.5 Å². The van der Waals surface area contributed by atoms with E-state index in [1.165, 1.54) is 12.8 Å². The van der Waals surface area contributed by atoms with Crippen LogP contribution in [0.1, 0.15) is 12.8 Å². The SMILES string of the molecule is C1COCC2(C1)NN2. The second-order valence-electron chi connectivity index (χ2n) is 2.49. The van der Waals surface area contributed by atoms with Crippen LogP contribution >= 0.6 is 0 Å². The molecule has 2 fully saturated rings. The van der Waals surface area contributed by atoms with Crippen molar-refractivity contribution in [3.05, 3.63) is 0 Å². The van der Waals surface area contributed by atoms with E-state index >= 15 is 0 Å². The van der Waals surface area contributed by atoms with E-state index in [2.05, 4.69) is 10.9 Å². The van der Waals surface area contributed by atoms with Gasteiger partial charge in [0.25, 0.3) is 0 Å².